The molecular weight excluding hydrogens is 368 g/mol. The van der Waals surface area contributed by atoms with Crippen LogP contribution in [0.1, 0.15) is 23.7 Å². The minimum Gasteiger partial charge on any atom is -0.361 e. The van der Waals surface area contributed by atoms with Gasteiger partial charge in [0.1, 0.15) is 0 Å². The summed E-state index contributed by atoms with van der Waals surface area (Å²) < 4.78 is 0. The predicted octanol–water partition coefficient (Wildman–Crippen LogP) is 2.04. The van der Waals surface area contributed by atoms with Crippen LogP contribution in [0.2, 0.25) is 0 Å². The van der Waals surface area contributed by atoms with E-state index >= 15 is 0 Å². The van der Waals surface area contributed by atoms with E-state index in [0.717, 1.165) is 22.2 Å². The van der Waals surface area contributed by atoms with Crippen molar-refractivity contribution in [2.24, 2.45) is 5.73 Å². The largest absolute Gasteiger partial charge is 0.361 e. The number of nitrogens with zero attached hydrogens (tertiary/aromatic N) is 1. The van der Waals surface area contributed by atoms with Gasteiger partial charge in [0.05, 0.1) is 5.54 Å². The summed E-state index contributed by atoms with van der Waals surface area (Å²) in [5, 5.41) is 4.02. The van der Waals surface area contributed by atoms with Gasteiger partial charge in [-0.2, -0.15) is 0 Å². The molecule has 1 fully saturated rings. The predicted molar refractivity (Wildman–Crippen MR) is 110 cm³/mol. The van der Waals surface area contributed by atoms with Gasteiger partial charge in [-0.05, 0) is 37.1 Å². The second-order valence-corrected chi connectivity index (χ2v) is 7.71. The molecule has 0 unspecified atom stereocenters. The van der Waals surface area contributed by atoms with Crippen molar-refractivity contribution in [2.75, 3.05) is 13.1 Å². The van der Waals surface area contributed by atoms with Gasteiger partial charge in [-0.3, -0.25) is 14.4 Å². The molecule has 1 aromatic heterocycles. The molecule has 4 rings (SSSR count). The van der Waals surface area contributed by atoms with E-state index in [2.05, 4.69) is 16.4 Å². The molecule has 7 heteroatoms. The first kappa shape index (κ1) is 18.7. The third-order valence-electron chi connectivity index (χ3n) is 5.36. The highest BCUT2D eigenvalue weighted by Crippen LogP contribution is 2.26. The van der Waals surface area contributed by atoms with Gasteiger partial charge in [0.2, 0.25) is 0 Å². The number of hydrogen-bond donors (Lipinski definition) is 3. The van der Waals surface area contributed by atoms with Crippen molar-refractivity contribution in [2.45, 2.75) is 18.9 Å². The quantitative estimate of drug-likeness (QED) is 0.596. The Bertz CT molecular complexity index is 1110. The van der Waals surface area contributed by atoms with Crippen LogP contribution in [-0.2, 0) is 9.59 Å². The molecule has 3 amide bonds. The van der Waals surface area contributed by atoms with Gasteiger partial charge >= 0.3 is 11.8 Å². The van der Waals surface area contributed by atoms with Crippen molar-refractivity contribution >= 4 is 28.6 Å². The van der Waals surface area contributed by atoms with Crippen LogP contribution in [0.5, 0.6) is 0 Å². The number of primary amides is 1. The lowest BCUT2D eigenvalue weighted by atomic mass is 10.0. The molecule has 148 valence electrons. The van der Waals surface area contributed by atoms with Crippen LogP contribution in [0.15, 0.2) is 54.6 Å². The molecule has 3 aromatic rings. The lowest BCUT2D eigenvalue weighted by Gasteiger charge is -2.26. The van der Waals surface area contributed by atoms with E-state index in [1.807, 2.05) is 49.4 Å². The molecule has 1 aliphatic rings. The van der Waals surface area contributed by atoms with Crippen LogP contribution in [0, 0.1) is 0 Å². The Morgan fingerprint density at radius 2 is 1.86 bits per heavy atom. The SMILES string of the molecule is C[C@]1(NC(=O)c2ccc3cc(-c4ccccc4)[nH]c3c2)CCN(C(=O)C(N)=O)C1. The Morgan fingerprint density at radius 3 is 2.59 bits per heavy atom. The number of nitrogens with two attached hydrogens (primary N) is 1. The number of hydrogen-bond acceptors (Lipinski definition) is 3. The maximum Gasteiger partial charge on any atom is 0.311 e. The van der Waals surface area contributed by atoms with Crippen LogP contribution in [-0.4, -0.2) is 46.2 Å². The van der Waals surface area contributed by atoms with Crippen LogP contribution in [0.4, 0.5) is 0 Å². The molecule has 0 aliphatic carbocycles. The van der Waals surface area contributed by atoms with E-state index in [4.69, 9.17) is 5.73 Å². The topological polar surface area (TPSA) is 108 Å². The maximum absolute atomic E-state index is 12.8. The molecule has 2 heterocycles. The van der Waals surface area contributed by atoms with E-state index in [9.17, 15) is 14.4 Å². The third kappa shape index (κ3) is 3.71. The summed E-state index contributed by atoms with van der Waals surface area (Å²) in [5.74, 6) is -1.92. The Balaban J connectivity index is 1.52. The van der Waals surface area contributed by atoms with Crippen molar-refractivity contribution in [3.05, 3.63) is 60.2 Å². The Morgan fingerprint density at radius 1 is 1.10 bits per heavy atom. The lowest BCUT2D eigenvalue weighted by molar-refractivity contribution is -0.143. The van der Waals surface area contributed by atoms with Crippen molar-refractivity contribution in [1.29, 1.82) is 0 Å². The van der Waals surface area contributed by atoms with Gasteiger partial charge in [0.25, 0.3) is 5.91 Å². The molecule has 1 saturated heterocycles. The smallest absolute Gasteiger partial charge is 0.311 e. The maximum atomic E-state index is 12.8. The Hall–Kier alpha value is -3.61. The molecule has 1 atom stereocenters. The first-order valence-electron chi connectivity index (χ1n) is 9.44. The molecule has 0 saturated carbocycles. The molecular formula is C22H22N4O3. The van der Waals surface area contributed by atoms with Gasteiger partial charge in [-0.1, -0.05) is 36.4 Å². The highest BCUT2D eigenvalue weighted by atomic mass is 16.2. The fourth-order valence-electron chi connectivity index (χ4n) is 3.78. The number of fused-ring (bicyclic) bond motifs is 1. The fraction of sp³-hybridized carbons (Fsp3) is 0.227. The highest BCUT2D eigenvalue weighted by Gasteiger charge is 2.38. The summed E-state index contributed by atoms with van der Waals surface area (Å²) in [7, 11) is 0. The van der Waals surface area contributed by atoms with Gasteiger partial charge < -0.3 is 20.9 Å². The van der Waals surface area contributed by atoms with Gasteiger partial charge in [0, 0.05) is 35.2 Å². The molecule has 0 spiro atoms. The van der Waals surface area contributed by atoms with Gasteiger partial charge in [-0.15, -0.1) is 0 Å². The number of likely N-dealkylation sites (tertiary alicyclic amines) is 1. The number of aromatic nitrogens is 1. The minimum atomic E-state index is -0.980. The number of nitrogens with one attached hydrogen (secondary N) is 2. The van der Waals surface area contributed by atoms with Crippen LogP contribution >= 0.6 is 0 Å². The number of carbonyl (C=O) groups excluding carboxylic acids is 3. The average Bonchev–Trinajstić information content (AvgIpc) is 3.31. The zero-order valence-electron chi connectivity index (χ0n) is 16.1. The van der Waals surface area contributed by atoms with E-state index in [-0.39, 0.29) is 12.5 Å². The van der Waals surface area contributed by atoms with E-state index in [0.29, 0.717) is 18.5 Å². The first-order valence-corrected chi connectivity index (χ1v) is 9.44. The standard InChI is InChI=1S/C22H22N4O3/c1-22(9-10-26(13-22)21(29)19(23)27)25-20(28)16-8-7-15-11-17(24-18(15)12-16)14-5-3-2-4-6-14/h2-8,11-12,24H,9-10,13H2,1H3,(H2,23,27)(H,25,28)/t22-/m0/s1. The number of aromatic amines is 1. The summed E-state index contributed by atoms with van der Waals surface area (Å²) in [5.41, 5.74) is 7.93. The zero-order valence-corrected chi connectivity index (χ0v) is 16.1. The molecule has 4 N–H and O–H groups in total. The number of benzene rings is 2. The van der Waals surface area contributed by atoms with Crippen molar-refractivity contribution in [1.82, 2.24) is 15.2 Å². The van der Waals surface area contributed by atoms with Gasteiger partial charge in [-0.25, -0.2) is 0 Å². The van der Waals surface area contributed by atoms with E-state index in [1.54, 1.807) is 6.07 Å². The van der Waals surface area contributed by atoms with E-state index in [1.165, 1.54) is 4.90 Å². The summed E-state index contributed by atoms with van der Waals surface area (Å²) in [6.45, 7) is 2.50. The third-order valence-corrected chi connectivity index (χ3v) is 5.36. The average molecular weight is 390 g/mol. The number of rotatable bonds is 3. The first-order chi connectivity index (χ1) is 13.8. The van der Waals surface area contributed by atoms with Crippen LogP contribution < -0.4 is 11.1 Å². The second kappa shape index (κ2) is 7.09. The molecule has 0 radical (unpaired) electrons. The Kier molecular flexibility index (Phi) is 4.58. The number of H-pyrrole nitrogens is 1. The minimum absolute atomic E-state index is 0.223. The van der Waals surface area contributed by atoms with Crippen molar-refractivity contribution in [3.63, 3.8) is 0 Å². The second-order valence-electron chi connectivity index (χ2n) is 7.71. The van der Waals surface area contributed by atoms with Gasteiger partial charge in [0.15, 0.2) is 0 Å². The van der Waals surface area contributed by atoms with E-state index < -0.39 is 17.4 Å². The summed E-state index contributed by atoms with van der Waals surface area (Å²) in [6, 6.07) is 17.5. The lowest BCUT2D eigenvalue weighted by Crippen LogP contribution is -2.49. The molecule has 29 heavy (non-hydrogen) atoms. The van der Waals surface area contributed by atoms with Crippen LogP contribution in [0.3, 0.4) is 0 Å². The summed E-state index contributed by atoms with van der Waals surface area (Å²) >= 11 is 0. The number of carbonyl (C=O) groups is 3. The van der Waals surface area contributed by atoms with Crippen LogP contribution in [0.25, 0.3) is 22.2 Å². The zero-order chi connectivity index (χ0) is 20.6. The monoisotopic (exact) mass is 390 g/mol. The fourth-order valence-corrected chi connectivity index (χ4v) is 3.78. The molecule has 1 aliphatic heterocycles. The molecule has 0 bridgehead atoms. The summed E-state index contributed by atoms with van der Waals surface area (Å²) in [6.07, 6.45) is 0.556. The normalized spacial score (nSPS) is 18.7. The Labute approximate surface area is 167 Å². The highest BCUT2D eigenvalue weighted by molar-refractivity contribution is 6.34. The molecule has 2 aromatic carbocycles. The van der Waals surface area contributed by atoms with Crippen molar-refractivity contribution in [3.8, 4) is 11.3 Å². The molecule has 7 nitrogen and oxygen atoms in total. The number of amides is 3. The van der Waals surface area contributed by atoms with Crippen molar-refractivity contribution < 1.29 is 14.4 Å². The summed E-state index contributed by atoms with van der Waals surface area (Å²) in [4.78, 5) is 40.5.